The van der Waals surface area contributed by atoms with Crippen molar-refractivity contribution >= 4 is 35.5 Å². The third kappa shape index (κ3) is 15.9. The van der Waals surface area contributed by atoms with Gasteiger partial charge in [0.2, 0.25) is 0 Å². The van der Waals surface area contributed by atoms with Crippen LogP contribution in [0, 0.1) is 0 Å². The zero-order valence-corrected chi connectivity index (χ0v) is 48.3. The van der Waals surface area contributed by atoms with Crippen LogP contribution in [-0.2, 0) is 75.9 Å². The van der Waals surface area contributed by atoms with Crippen molar-refractivity contribution < 1.29 is 183 Å². The lowest BCUT2D eigenvalue weighted by Crippen LogP contribution is -2.68. The molecule has 41 heteroatoms. The SMILES string of the molecule is N[C@H](CSCC1O[C@@H]2O[C@@H]3C(CO)O[C@@H](O[C@@H]4C(CO)O[C@@H](O[C@@H]5C(CSC[C@@H](N)C(=O)O)O[C@@H](O[C@@H]6C(CO)O[C@H](O[C@@H]7C(CO)O[C@H](O[C@@H]8C(CO)O[C@H](O[C@H]1[C@H](O)C2O)C(O)[C@H]8O)C(O)[C@H]7O)C(O)[C@H]6O)C(O)[C@@H]5O)C(O)[C@H]4O)C(O)[C@H]3O)C(=O)O. The van der Waals surface area contributed by atoms with E-state index in [2.05, 4.69) is 0 Å². The summed E-state index contributed by atoms with van der Waals surface area (Å²) in [7, 11) is 0. The Hall–Kier alpha value is -1.76. The highest BCUT2D eigenvalue weighted by Crippen LogP contribution is 2.40. The molecule has 25 N–H and O–H groups in total. The lowest BCUT2D eigenvalue weighted by atomic mass is 9.95. The number of hydrogen-bond acceptors (Lipinski definition) is 39. The Morgan fingerprint density at radius 2 is 0.438 bits per heavy atom. The number of nitrogens with two attached hydrogens (primary N) is 2. The largest absolute Gasteiger partial charge is 0.480 e. The normalized spacial score (nSPS) is 50.1. The van der Waals surface area contributed by atoms with Crippen LogP contribution < -0.4 is 11.5 Å². The molecule has 14 unspecified atom stereocenters. The first-order chi connectivity index (χ1) is 42.2. The maximum absolute atomic E-state index is 11.7. The molecule has 21 fully saturated rings. The van der Waals surface area contributed by atoms with Crippen molar-refractivity contribution in [1.29, 1.82) is 0 Å². The number of hydrogen-bond donors (Lipinski definition) is 23. The van der Waals surface area contributed by atoms with Crippen LogP contribution in [0.2, 0.25) is 0 Å². The van der Waals surface area contributed by atoms with Gasteiger partial charge >= 0.3 is 11.9 Å². The van der Waals surface area contributed by atoms with E-state index in [4.69, 9.17) is 77.8 Å². The summed E-state index contributed by atoms with van der Waals surface area (Å²) in [4.78, 5) is 23.2. The smallest absolute Gasteiger partial charge is 0.321 e. The van der Waals surface area contributed by atoms with Crippen LogP contribution in [0.3, 0.4) is 0 Å². The van der Waals surface area contributed by atoms with Crippen molar-refractivity contribution in [2.75, 3.05) is 56.0 Å². The average molecular weight is 1340 g/mol. The Bertz CT molecular complexity index is 2200. The topological polar surface area (TPSA) is 640 Å². The molecule has 0 aromatic carbocycles. The van der Waals surface area contributed by atoms with Gasteiger partial charge in [-0.2, -0.15) is 23.5 Å². The third-order valence-corrected chi connectivity index (χ3v) is 18.5. The van der Waals surface area contributed by atoms with Crippen LogP contribution in [0.25, 0.3) is 0 Å². The molecular formula is C48H80N2O37S2. The van der Waals surface area contributed by atoms with Gasteiger partial charge in [-0.15, -0.1) is 0 Å². The fraction of sp³-hybridized carbons (Fsp3) is 0.958. The van der Waals surface area contributed by atoms with E-state index in [1.165, 1.54) is 0 Å². The number of carbonyl (C=O) groups is 2. The molecule has 0 saturated carbocycles. The molecule has 21 saturated heterocycles. The number of rotatable bonds is 15. The standard InChI is InChI=1S/C48H80N2O37S2/c49-10(40(70)71)6-88-8-17-38-25(62)32(69)48(80-17)85-37-16(5-55)76-44(28(65)21(37)58)83-35-14(3-53)78-46(30(67)23(35)60)87-39-18(9-89-7-11(50)41(72)73)79-47(31(68)24(39)61)84-36-15(4-54)75-43(27(64)20(36)57)81-33-12(1-51)74-42(26(63)19(33)56)82-34-13(2-52)77-45(86-38)29(66)22(34)59/h10-39,42-48,51-69H,1-9,49-50H2,(H,70,71)(H,72,73)/t10-,11-,12?,13?,14?,15?,16?,17?,18?,19-,20-,21-,22-,23-,24+,25-,26?,27?,28?,29?,30?,31?,32?,33-,34-,35-,36-,37-,38-,39-,42-,43-,44+,45-,46+,47+,48-/m1/s1. The van der Waals surface area contributed by atoms with Gasteiger partial charge in [-0.25, -0.2) is 0 Å². The fourth-order valence-electron chi connectivity index (χ4n) is 11.2. The molecule has 0 spiro atoms. The average Bonchev–Trinajstić information content (AvgIpc) is 0.983. The minimum atomic E-state index is -2.27. The maximum Gasteiger partial charge on any atom is 0.321 e. The highest BCUT2D eigenvalue weighted by atomic mass is 32.2. The molecule has 516 valence electrons. The number of carboxylic acid groups (broad SMARTS) is 2. The Labute approximate surface area is 511 Å². The minimum Gasteiger partial charge on any atom is -0.480 e. The number of aliphatic hydroxyl groups is 19. The molecule has 21 aliphatic heterocycles. The number of thioether (sulfide) groups is 2. The van der Waals surface area contributed by atoms with Gasteiger partial charge in [0.1, 0.15) is 171 Å². The number of aliphatic hydroxyl groups excluding tert-OH is 19. The van der Waals surface area contributed by atoms with Gasteiger partial charge in [-0.3, -0.25) is 9.59 Å². The maximum atomic E-state index is 11.7. The Balaban J connectivity index is 1.11. The minimum absolute atomic E-state index is 0.319. The van der Waals surface area contributed by atoms with Gasteiger partial charge in [0, 0.05) is 23.0 Å². The summed E-state index contributed by atoms with van der Waals surface area (Å²) in [6.07, 6.45) is -71.4. The summed E-state index contributed by atoms with van der Waals surface area (Å²) < 4.78 is 81.6. The summed E-state index contributed by atoms with van der Waals surface area (Å²) >= 11 is 1.60. The second kappa shape index (κ2) is 31.9. The molecule has 0 radical (unpaired) electrons. The molecule has 21 aliphatic rings. The quantitative estimate of drug-likeness (QED) is 0.0724. The highest BCUT2D eigenvalue weighted by molar-refractivity contribution is 7.99. The van der Waals surface area contributed by atoms with Crippen molar-refractivity contribution in [2.24, 2.45) is 11.5 Å². The van der Waals surface area contributed by atoms with E-state index >= 15 is 0 Å². The first kappa shape index (κ1) is 73.1. The molecule has 0 aliphatic carbocycles. The van der Waals surface area contributed by atoms with E-state index in [0.29, 0.717) is 0 Å². The number of carboxylic acids is 2. The van der Waals surface area contributed by atoms with Gasteiger partial charge in [0.25, 0.3) is 0 Å². The van der Waals surface area contributed by atoms with E-state index in [9.17, 15) is 117 Å². The second-order valence-electron chi connectivity index (χ2n) is 22.3. The molecule has 0 amide bonds. The summed E-state index contributed by atoms with van der Waals surface area (Å²) in [5.74, 6) is -4.26. The molecule has 89 heavy (non-hydrogen) atoms. The predicted octanol–water partition coefficient (Wildman–Crippen LogP) is -14.9. The molecule has 21 rings (SSSR count). The fourth-order valence-corrected chi connectivity index (χ4v) is 13.2. The molecular weight excluding hydrogens is 1260 g/mol. The van der Waals surface area contributed by atoms with Crippen molar-refractivity contribution in [3.05, 3.63) is 0 Å². The number of aliphatic carboxylic acids is 2. The van der Waals surface area contributed by atoms with E-state index in [-0.39, 0.29) is 11.5 Å². The van der Waals surface area contributed by atoms with Crippen LogP contribution in [0.5, 0.6) is 0 Å². The van der Waals surface area contributed by atoms with E-state index < -0.39 is 284 Å². The first-order valence-corrected chi connectivity index (χ1v) is 30.4. The van der Waals surface area contributed by atoms with Gasteiger partial charge in [-0.05, 0) is 0 Å². The Morgan fingerprint density at radius 3 is 0.596 bits per heavy atom. The summed E-state index contributed by atoms with van der Waals surface area (Å²) in [5, 5.41) is 233. The van der Waals surface area contributed by atoms with E-state index in [0.717, 1.165) is 23.5 Å². The van der Waals surface area contributed by atoms with Gasteiger partial charge in [0.05, 0.1) is 45.2 Å². The molecule has 21 heterocycles. The van der Waals surface area contributed by atoms with Crippen molar-refractivity contribution in [3.8, 4) is 0 Å². The zero-order chi connectivity index (χ0) is 65.2. The Kier molecular flexibility index (Phi) is 26.2. The van der Waals surface area contributed by atoms with Crippen LogP contribution in [0.1, 0.15) is 0 Å². The second-order valence-corrected chi connectivity index (χ2v) is 24.4. The van der Waals surface area contributed by atoms with Crippen LogP contribution in [-0.4, -0.2) is 402 Å². The van der Waals surface area contributed by atoms with Crippen LogP contribution in [0.15, 0.2) is 0 Å². The van der Waals surface area contributed by atoms with Crippen molar-refractivity contribution in [2.45, 2.75) is 227 Å². The van der Waals surface area contributed by atoms with Crippen LogP contribution >= 0.6 is 23.5 Å². The van der Waals surface area contributed by atoms with Gasteiger partial charge < -0.3 is 185 Å². The lowest BCUT2D eigenvalue weighted by molar-refractivity contribution is -0.395. The molecule has 14 bridgehead atoms. The monoisotopic (exact) mass is 1340 g/mol. The summed E-state index contributed by atoms with van der Waals surface area (Å²) in [5.41, 5.74) is 11.4. The number of ether oxygens (including phenoxy) is 14. The summed E-state index contributed by atoms with van der Waals surface area (Å²) in [6.45, 7) is -5.43. The Morgan fingerprint density at radius 1 is 0.281 bits per heavy atom. The molecule has 37 atom stereocenters. The predicted molar refractivity (Wildman–Crippen MR) is 280 cm³/mol. The first-order valence-electron chi connectivity index (χ1n) is 28.1. The molecule has 39 nitrogen and oxygen atoms in total. The summed E-state index contributed by atoms with van der Waals surface area (Å²) in [6, 6.07) is -2.94. The highest BCUT2D eigenvalue weighted by Gasteiger charge is 2.60. The third-order valence-electron chi connectivity index (χ3n) is 16.2. The van der Waals surface area contributed by atoms with Gasteiger partial charge in [0.15, 0.2) is 44.0 Å². The van der Waals surface area contributed by atoms with Gasteiger partial charge in [-0.1, -0.05) is 0 Å². The van der Waals surface area contributed by atoms with Crippen molar-refractivity contribution in [1.82, 2.24) is 0 Å². The van der Waals surface area contributed by atoms with Crippen molar-refractivity contribution in [3.63, 3.8) is 0 Å². The van der Waals surface area contributed by atoms with Crippen LogP contribution in [0.4, 0.5) is 0 Å². The van der Waals surface area contributed by atoms with E-state index in [1.807, 2.05) is 0 Å². The molecule has 0 aromatic rings. The molecule has 0 aromatic heterocycles. The van der Waals surface area contributed by atoms with E-state index in [1.54, 1.807) is 0 Å². The zero-order valence-electron chi connectivity index (χ0n) is 46.6. The lowest BCUT2D eigenvalue weighted by Gasteiger charge is -2.50.